The van der Waals surface area contributed by atoms with Gasteiger partial charge in [0.25, 0.3) is 0 Å². The van der Waals surface area contributed by atoms with Crippen molar-refractivity contribution in [2.24, 2.45) is 0 Å². The monoisotopic (exact) mass is 242 g/mol. The zero-order valence-corrected chi connectivity index (χ0v) is 10.7. The van der Waals surface area contributed by atoms with Crippen LogP contribution in [0.15, 0.2) is 0 Å². The van der Waals surface area contributed by atoms with Crippen LogP contribution in [0.2, 0.25) is 0 Å². The fourth-order valence-corrected chi connectivity index (χ4v) is 3.24. The van der Waals surface area contributed by atoms with Gasteiger partial charge in [-0.05, 0) is 52.0 Å². The average Bonchev–Trinajstić information content (AvgIpc) is 2.31. The van der Waals surface area contributed by atoms with Crippen molar-refractivity contribution in [3.8, 4) is 0 Å². The lowest BCUT2D eigenvalue weighted by Crippen LogP contribution is -2.49. The van der Waals surface area contributed by atoms with Gasteiger partial charge >= 0.3 is 0 Å². The molecule has 2 aliphatic rings. The van der Waals surface area contributed by atoms with Gasteiger partial charge in [-0.3, -0.25) is 0 Å². The molecule has 17 heavy (non-hydrogen) atoms. The summed E-state index contributed by atoms with van der Waals surface area (Å²) in [7, 11) is 1.97. The molecule has 100 valence electrons. The minimum absolute atomic E-state index is 0.0879. The second-order valence-corrected chi connectivity index (χ2v) is 5.72. The van der Waals surface area contributed by atoms with Gasteiger partial charge in [0.2, 0.25) is 0 Å². The quantitative estimate of drug-likeness (QED) is 0.578. The maximum Gasteiger partial charge on any atom is 0.0569 e. The molecule has 4 heteroatoms. The van der Waals surface area contributed by atoms with Crippen molar-refractivity contribution in [3.63, 3.8) is 0 Å². The topological polar surface area (TPSA) is 64.5 Å². The van der Waals surface area contributed by atoms with Gasteiger partial charge < -0.3 is 20.8 Å². The molecule has 4 N–H and O–H groups in total. The van der Waals surface area contributed by atoms with E-state index in [4.69, 9.17) is 0 Å². The Morgan fingerprint density at radius 3 is 2.06 bits per heavy atom. The summed E-state index contributed by atoms with van der Waals surface area (Å²) in [6.45, 7) is 0. The van der Waals surface area contributed by atoms with E-state index < -0.39 is 0 Å². The standard InChI is InChI=1S/C13H26N2O2/c1-14-10-6-11(8-13(17)7-10)15-9-2-4-12(16)5-3-9/h9-17H,2-8H2,1H3. The summed E-state index contributed by atoms with van der Waals surface area (Å²) in [6.07, 6.45) is 6.56. The number of nitrogens with one attached hydrogen (secondary N) is 2. The maximum absolute atomic E-state index is 9.83. The molecule has 0 aromatic rings. The van der Waals surface area contributed by atoms with Crippen LogP contribution in [0.4, 0.5) is 0 Å². The Kier molecular flexibility index (Phi) is 4.79. The normalized spacial score (nSPS) is 43.6. The molecule has 2 aliphatic carbocycles. The number of hydrogen-bond donors (Lipinski definition) is 4. The van der Waals surface area contributed by atoms with Gasteiger partial charge in [0.15, 0.2) is 0 Å². The summed E-state index contributed by atoms with van der Waals surface area (Å²) < 4.78 is 0. The molecule has 0 bridgehead atoms. The summed E-state index contributed by atoms with van der Waals surface area (Å²) in [4.78, 5) is 0. The van der Waals surface area contributed by atoms with E-state index in [1.54, 1.807) is 0 Å². The van der Waals surface area contributed by atoms with E-state index in [1.807, 2.05) is 7.05 Å². The first kappa shape index (κ1) is 13.3. The third-order valence-electron chi connectivity index (χ3n) is 4.26. The van der Waals surface area contributed by atoms with Gasteiger partial charge in [-0.25, -0.2) is 0 Å². The Bertz CT molecular complexity index is 229. The van der Waals surface area contributed by atoms with Gasteiger partial charge in [0.05, 0.1) is 12.2 Å². The fourth-order valence-electron chi connectivity index (χ4n) is 3.24. The number of aliphatic hydroxyl groups is 2. The molecular weight excluding hydrogens is 216 g/mol. The van der Waals surface area contributed by atoms with Crippen molar-refractivity contribution in [3.05, 3.63) is 0 Å². The van der Waals surface area contributed by atoms with Crippen LogP contribution in [0, 0.1) is 0 Å². The van der Waals surface area contributed by atoms with Gasteiger partial charge in [-0.1, -0.05) is 0 Å². The highest BCUT2D eigenvalue weighted by Gasteiger charge is 2.29. The molecule has 0 radical (unpaired) electrons. The van der Waals surface area contributed by atoms with Crippen LogP contribution in [-0.2, 0) is 0 Å². The summed E-state index contributed by atoms with van der Waals surface area (Å²) >= 11 is 0. The second kappa shape index (κ2) is 6.14. The number of hydrogen-bond acceptors (Lipinski definition) is 4. The minimum Gasteiger partial charge on any atom is -0.393 e. The predicted octanol–water partition coefficient (Wildman–Crippen LogP) is 0.381. The molecule has 0 aromatic carbocycles. The highest BCUT2D eigenvalue weighted by molar-refractivity contribution is 4.89. The molecule has 0 aromatic heterocycles. The molecule has 2 fully saturated rings. The molecule has 2 saturated carbocycles. The van der Waals surface area contributed by atoms with Gasteiger partial charge in [0.1, 0.15) is 0 Å². The van der Waals surface area contributed by atoms with Crippen LogP contribution in [-0.4, -0.2) is 47.6 Å². The fraction of sp³-hybridized carbons (Fsp3) is 1.00. The van der Waals surface area contributed by atoms with Crippen molar-refractivity contribution < 1.29 is 10.2 Å². The summed E-state index contributed by atoms with van der Waals surface area (Å²) in [5.74, 6) is 0. The van der Waals surface area contributed by atoms with E-state index >= 15 is 0 Å². The summed E-state index contributed by atoms with van der Waals surface area (Å²) in [5.41, 5.74) is 0. The zero-order valence-electron chi connectivity index (χ0n) is 10.7. The first-order valence-electron chi connectivity index (χ1n) is 6.96. The highest BCUT2D eigenvalue weighted by atomic mass is 16.3. The molecule has 2 rings (SSSR count). The molecule has 0 saturated heterocycles. The Morgan fingerprint density at radius 1 is 0.765 bits per heavy atom. The van der Waals surface area contributed by atoms with Gasteiger partial charge in [0, 0.05) is 18.1 Å². The van der Waals surface area contributed by atoms with Crippen molar-refractivity contribution in [1.82, 2.24) is 10.6 Å². The van der Waals surface area contributed by atoms with Crippen molar-refractivity contribution >= 4 is 0 Å². The minimum atomic E-state index is -0.173. The molecule has 3 atom stereocenters. The third kappa shape index (κ3) is 3.91. The van der Waals surface area contributed by atoms with Crippen molar-refractivity contribution in [2.75, 3.05) is 7.05 Å². The molecular formula is C13H26N2O2. The largest absolute Gasteiger partial charge is 0.393 e. The summed E-state index contributed by atoms with van der Waals surface area (Å²) in [5, 5.41) is 26.2. The third-order valence-corrected chi connectivity index (χ3v) is 4.26. The molecule has 3 unspecified atom stereocenters. The van der Waals surface area contributed by atoms with Crippen molar-refractivity contribution in [2.45, 2.75) is 75.3 Å². The average molecular weight is 242 g/mol. The Labute approximate surface area is 104 Å². The Hall–Kier alpha value is -0.160. The van der Waals surface area contributed by atoms with Gasteiger partial charge in [-0.15, -0.1) is 0 Å². The highest BCUT2D eigenvalue weighted by Crippen LogP contribution is 2.23. The van der Waals surface area contributed by atoms with Gasteiger partial charge in [-0.2, -0.15) is 0 Å². The van der Waals surface area contributed by atoms with Crippen molar-refractivity contribution in [1.29, 1.82) is 0 Å². The maximum atomic E-state index is 9.83. The lowest BCUT2D eigenvalue weighted by molar-refractivity contribution is 0.0795. The SMILES string of the molecule is CNC1CC(O)CC(NC2CCC(O)CC2)C1. The van der Waals surface area contributed by atoms with Crippen LogP contribution in [0.1, 0.15) is 44.9 Å². The lowest BCUT2D eigenvalue weighted by Gasteiger charge is -2.36. The first-order valence-corrected chi connectivity index (χ1v) is 6.96. The second-order valence-electron chi connectivity index (χ2n) is 5.72. The van der Waals surface area contributed by atoms with E-state index in [1.165, 1.54) is 0 Å². The molecule has 0 amide bonds. The van der Waals surface area contributed by atoms with E-state index in [9.17, 15) is 10.2 Å². The molecule has 4 nitrogen and oxygen atoms in total. The Balaban J connectivity index is 1.77. The predicted molar refractivity (Wildman–Crippen MR) is 67.9 cm³/mol. The Morgan fingerprint density at radius 2 is 1.41 bits per heavy atom. The van der Waals surface area contributed by atoms with E-state index in [0.717, 1.165) is 44.9 Å². The van der Waals surface area contributed by atoms with Crippen LogP contribution in [0.25, 0.3) is 0 Å². The van der Waals surface area contributed by atoms with E-state index in [-0.39, 0.29) is 12.2 Å². The summed E-state index contributed by atoms with van der Waals surface area (Å²) in [6, 6.07) is 1.40. The smallest absolute Gasteiger partial charge is 0.0569 e. The molecule has 0 aliphatic heterocycles. The van der Waals surface area contributed by atoms with E-state index in [0.29, 0.717) is 18.1 Å². The lowest BCUT2D eigenvalue weighted by atomic mass is 9.86. The van der Waals surface area contributed by atoms with Crippen LogP contribution >= 0.6 is 0 Å². The van der Waals surface area contributed by atoms with Crippen LogP contribution in [0.5, 0.6) is 0 Å². The van der Waals surface area contributed by atoms with Crippen LogP contribution < -0.4 is 10.6 Å². The molecule has 0 heterocycles. The first-order chi connectivity index (χ1) is 8.17. The molecule has 0 spiro atoms. The van der Waals surface area contributed by atoms with E-state index in [2.05, 4.69) is 10.6 Å². The zero-order chi connectivity index (χ0) is 12.3. The van der Waals surface area contributed by atoms with Crippen LogP contribution in [0.3, 0.4) is 0 Å². The number of aliphatic hydroxyl groups excluding tert-OH is 2. The number of rotatable bonds is 3.